The highest BCUT2D eigenvalue weighted by molar-refractivity contribution is 7.99. The second kappa shape index (κ2) is 9.59. The molecule has 0 aliphatic carbocycles. The minimum absolute atomic E-state index is 0.0574. The van der Waals surface area contributed by atoms with Crippen molar-refractivity contribution in [3.8, 4) is 0 Å². The van der Waals surface area contributed by atoms with Gasteiger partial charge in [0.25, 0.3) is 11.5 Å². The number of aromatic nitrogens is 2. The summed E-state index contributed by atoms with van der Waals surface area (Å²) in [6.45, 7) is 0.806. The van der Waals surface area contributed by atoms with E-state index < -0.39 is 11.5 Å². The molecule has 0 fully saturated rings. The predicted molar refractivity (Wildman–Crippen MR) is 99.3 cm³/mol. The van der Waals surface area contributed by atoms with Gasteiger partial charge in [-0.05, 0) is 12.1 Å². The molecule has 0 aliphatic heterocycles. The zero-order valence-electron chi connectivity index (χ0n) is 14.1. The summed E-state index contributed by atoms with van der Waals surface area (Å²) in [5.74, 6) is -0.764. The van der Waals surface area contributed by atoms with Crippen LogP contribution in [-0.2, 0) is 9.53 Å². The van der Waals surface area contributed by atoms with Gasteiger partial charge in [-0.1, -0.05) is 30.0 Å². The first-order valence-corrected chi connectivity index (χ1v) is 8.64. The van der Waals surface area contributed by atoms with Gasteiger partial charge in [0.1, 0.15) is 5.69 Å². The Kier molecular flexibility index (Phi) is 7.18. The molecule has 138 valence electrons. The number of amides is 2. The molecule has 0 unspecified atom stereocenters. The zero-order valence-corrected chi connectivity index (χ0v) is 14.9. The van der Waals surface area contributed by atoms with E-state index in [2.05, 4.69) is 20.6 Å². The molecule has 10 heteroatoms. The predicted octanol–water partition coefficient (Wildman–Crippen LogP) is 0.459. The van der Waals surface area contributed by atoms with E-state index in [1.54, 1.807) is 30.3 Å². The van der Waals surface area contributed by atoms with Crippen molar-refractivity contribution in [1.82, 2.24) is 15.3 Å². The number of nitrogens with zero attached hydrogens (tertiary/aromatic N) is 1. The summed E-state index contributed by atoms with van der Waals surface area (Å²) < 4.78 is 4.83. The first-order valence-electron chi connectivity index (χ1n) is 7.66. The lowest BCUT2D eigenvalue weighted by Gasteiger charge is -2.08. The van der Waals surface area contributed by atoms with Crippen molar-refractivity contribution in [2.45, 2.75) is 5.16 Å². The number of H-pyrrole nitrogens is 1. The Balaban J connectivity index is 2.00. The lowest BCUT2D eigenvalue weighted by atomic mass is 10.2. The lowest BCUT2D eigenvalue weighted by Crippen LogP contribution is -2.28. The van der Waals surface area contributed by atoms with Gasteiger partial charge in [-0.2, -0.15) is 0 Å². The molecule has 1 aromatic carbocycles. The van der Waals surface area contributed by atoms with Crippen LogP contribution in [0.15, 0.2) is 40.3 Å². The Hall–Kier alpha value is -2.85. The number of methoxy groups -OCH3 is 1. The molecule has 1 aromatic heterocycles. The fraction of sp³-hybridized carbons (Fsp3) is 0.250. The highest BCUT2D eigenvalue weighted by Gasteiger charge is 2.14. The van der Waals surface area contributed by atoms with E-state index in [1.807, 2.05) is 0 Å². The van der Waals surface area contributed by atoms with Crippen LogP contribution in [0, 0.1) is 0 Å². The van der Waals surface area contributed by atoms with Crippen LogP contribution in [0.5, 0.6) is 0 Å². The fourth-order valence-electron chi connectivity index (χ4n) is 1.91. The molecule has 5 N–H and O–H groups in total. The zero-order chi connectivity index (χ0) is 18.9. The van der Waals surface area contributed by atoms with Crippen LogP contribution in [-0.4, -0.2) is 47.8 Å². The van der Waals surface area contributed by atoms with Gasteiger partial charge in [0.15, 0.2) is 11.0 Å². The standard InChI is InChI=1S/C16H19N5O4S/c1-25-8-7-18-11(22)9-26-16-20-13(17)12(15(24)21-16)19-14(23)10-5-3-2-4-6-10/h2-6H,7-9H2,1H3,(H,18,22)(H,19,23)(H3,17,20,21,24). The number of hydrogen-bond donors (Lipinski definition) is 4. The van der Waals surface area contributed by atoms with Crippen LogP contribution in [0.2, 0.25) is 0 Å². The van der Waals surface area contributed by atoms with Gasteiger partial charge in [0.05, 0.1) is 12.4 Å². The summed E-state index contributed by atoms with van der Waals surface area (Å²) >= 11 is 1.03. The molecule has 0 atom stereocenters. The third-order valence-corrected chi connectivity index (χ3v) is 4.04. The first-order chi connectivity index (χ1) is 12.5. The number of carbonyl (C=O) groups excluding carboxylic acids is 2. The van der Waals surface area contributed by atoms with Gasteiger partial charge in [0, 0.05) is 19.2 Å². The summed E-state index contributed by atoms with van der Waals surface area (Å²) in [5.41, 5.74) is 5.44. The van der Waals surface area contributed by atoms with Crippen molar-refractivity contribution in [2.75, 3.05) is 37.1 Å². The quantitative estimate of drug-likeness (QED) is 0.298. The Morgan fingerprint density at radius 1 is 1.31 bits per heavy atom. The number of ether oxygens (including phenoxy) is 1. The summed E-state index contributed by atoms with van der Waals surface area (Å²) in [6, 6.07) is 8.41. The second-order valence-corrected chi connectivity index (χ2v) is 6.05. The molecule has 0 saturated carbocycles. The number of aromatic amines is 1. The third-order valence-electron chi connectivity index (χ3n) is 3.17. The topological polar surface area (TPSA) is 139 Å². The van der Waals surface area contributed by atoms with Crippen molar-refractivity contribution in [3.05, 3.63) is 46.2 Å². The highest BCUT2D eigenvalue weighted by atomic mass is 32.2. The smallest absolute Gasteiger partial charge is 0.277 e. The van der Waals surface area contributed by atoms with Gasteiger partial charge in [-0.15, -0.1) is 0 Å². The Labute approximate surface area is 153 Å². The molecule has 0 saturated heterocycles. The van der Waals surface area contributed by atoms with E-state index in [4.69, 9.17) is 10.5 Å². The minimum atomic E-state index is -0.593. The monoisotopic (exact) mass is 377 g/mol. The summed E-state index contributed by atoms with van der Waals surface area (Å²) in [4.78, 5) is 42.4. The molecule has 2 rings (SSSR count). The number of benzene rings is 1. The number of nitrogens with two attached hydrogens (primary N) is 1. The Bertz CT molecular complexity index is 825. The van der Waals surface area contributed by atoms with Gasteiger partial charge in [-0.3, -0.25) is 19.4 Å². The first kappa shape index (κ1) is 19.5. The van der Waals surface area contributed by atoms with Gasteiger partial charge < -0.3 is 21.1 Å². The molecule has 0 spiro atoms. The van der Waals surface area contributed by atoms with Crippen LogP contribution in [0.3, 0.4) is 0 Å². The number of thioether (sulfide) groups is 1. The fourth-order valence-corrected chi connectivity index (χ4v) is 2.61. The van der Waals surface area contributed by atoms with Crippen molar-refractivity contribution >= 4 is 35.1 Å². The van der Waals surface area contributed by atoms with Crippen molar-refractivity contribution in [2.24, 2.45) is 0 Å². The molecule has 2 aromatic rings. The van der Waals surface area contributed by atoms with E-state index in [-0.39, 0.29) is 28.3 Å². The highest BCUT2D eigenvalue weighted by Crippen LogP contribution is 2.17. The number of nitrogens with one attached hydrogen (secondary N) is 3. The Morgan fingerprint density at radius 2 is 2.04 bits per heavy atom. The SMILES string of the molecule is COCCNC(=O)CSc1nc(N)c(NC(=O)c2ccccc2)c(=O)[nH]1. The summed E-state index contributed by atoms with van der Waals surface area (Å²) in [5, 5.41) is 5.28. The van der Waals surface area contributed by atoms with E-state index in [0.717, 1.165) is 11.8 Å². The van der Waals surface area contributed by atoms with Crippen molar-refractivity contribution < 1.29 is 14.3 Å². The minimum Gasteiger partial charge on any atom is -0.383 e. The molecule has 0 aliphatic rings. The van der Waals surface area contributed by atoms with Crippen LogP contribution >= 0.6 is 11.8 Å². The molecule has 0 bridgehead atoms. The van der Waals surface area contributed by atoms with Gasteiger partial charge >= 0.3 is 0 Å². The van der Waals surface area contributed by atoms with Crippen LogP contribution in [0.4, 0.5) is 11.5 Å². The summed E-state index contributed by atoms with van der Waals surface area (Å²) in [6.07, 6.45) is 0. The molecular weight excluding hydrogens is 358 g/mol. The van der Waals surface area contributed by atoms with Crippen LogP contribution in [0.1, 0.15) is 10.4 Å². The molecule has 26 heavy (non-hydrogen) atoms. The molecule has 0 radical (unpaired) electrons. The van der Waals surface area contributed by atoms with E-state index in [9.17, 15) is 14.4 Å². The van der Waals surface area contributed by atoms with Gasteiger partial charge in [-0.25, -0.2) is 4.98 Å². The molecule has 2 amide bonds. The number of rotatable bonds is 8. The van der Waals surface area contributed by atoms with Crippen molar-refractivity contribution in [3.63, 3.8) is 0 Å². The Morgan fingerprint density at radius 3 is 2.69 bits per heavy atom. The number of anilines is 2. The van der Waals surface area contributed by atoms with Gasteiger partial charge in [0.2, 0.25) is 5.91 Å². The maximum absolute atomic E-state index is 12.2. The molecule has 1 heterocycles. The van der Waals surface area contributed by atoms with E-state index in [1.165, 1.54) is 7.11 Å². The second-order valence-electron chi connectivity index (χ2n) is 5.08. The van der Waals surface area contributed by atoms with Crippen molar-refractivity contribution in [1.29, 1.82) is 0 Å². The third kappa shape index (κ3) is 5.60. The molecule has 9 nitrogen and oxygen atoms in total. The average molecular weight is 377 g/mol. The maximum atomic E-state index is 12.2. The van der Waals surface area contributed by atoms with Crippen LogP contribution < -0.4 is 21.9 Å². The lowest BCUT2D eigenvalue weighted by molar-refractivity contribution is -0.118. The van der Waals surface area contributed by atoms with Crippen LogP contribution in [0.25, 0.3) is 0 Å². The normalized spacial score (nSPS) is 10.3. The number of hydrogen-bond acceptors (Lipinski definition) is 7. The number of nitrogen functional groups attached to an aromatic ring is 1. The number of carbonyl (C=O) groups is 2. The average Bonchev–Trinajstić information content (AvgIpc) is 2.64. The molecular formula is C16H19N5O4S. The largest absolute Gasteiger partial charge is 0.383 e. The van der Waals surface area contributed by atoms with E-state index in [0.29, 0.717) is 18.7 Å². The maximum Gasteiger partial charge on any atom is 0.277 e. The summed E-state index contributed by atoms with van der Waals surface area (Å²) in [7, 11) is 1.54. The van der Waals surface area contributed by atoms with E-state index >= 15 is 0 Å².